The quantitative estimate of drug-likeness (QED) is 0.669. The molecular weight excluding hydrogens is 268 g/mol. The van der Waals surface area contributed by atoms with Crippen molar-refractivity contribution in [1.82, 2.24) is 10.8 Å². The van der Waals surface area contributed by atoms with E-state index in [0.717, 1.165) is 16.7 Å². The highest BCUT2D eigenvalue weighted by Crippen LogP contribution is 2.24. The zero-order valence-electron chi connectivity index (χ0n) is 11.8. The molecule has 21 heavy (non-hydrogen) atoms. The van der Waals surface area contributed by atoms with Gasteiger partial charge in [-0.3, -0.25) is 20.1 Å². The predicted molar refractivity (Wildman–Crippen MR) is 78.3 cm³/mol. The van der Waals surface area contributed by atoms with Gasteiger partial charge in [0.2, 0.25) is 0 Å². The first kappa shape index (κ1) is 14.7. The lowest BCUT2D eigenvalue weighted by molar-refractivity contribution is 0.0706. The SMILES string of the molecule is C[N]C(=O)c1ccc(-c2ccc(C(=O)NO)cc2)c(C)c1. The number of carbonyl (C=O) groups is 2. The molecule has 0 saturated heterocycles. The van der Waals surface area contributed by atoms with E-state index >= 15 is 0 Å². The monoisotopic (exact) mass is 283 g/mol. The predicted octanol–water partition coefficient (Wildman–Crippen LogP) is 2.16. The lowest BCUT2D eigenvalue weighted by Gasteiger charge is -2.08. The average molecular weight is 283 g/mol. The molecule has 5 nitrogen and oxygen atoms in total. The Hall–Kier alpha value is -2.66. The van der Waals surface area contributed by atoms with Gasteiger partial charge in [0, 0.05) is 18.2 Å². The molecule has 0 aliphatic heterocycles. The van der Waals surface area contributed by atoms with Crippen LogP contribution in [-0.2, 0) is 0 Å². The van der Waals surface area contributed by atoms with Gasteiger partial charge in [-0.1, -0.05) is 18.2 Å². The second-order valence-electron chi connectivity index (χ2n) is 4.58. The van der Waals surface area contributed by atoms with Crippen LogP contribution >= 0.6 is 0 Å². The number of hydrogen-bond donors (Lipinski definition) is 2. The van der Waals surface area contributed by atoms with E-state index in [4.69, 9.17) is 5.21 Å². The molecule has 0 spiro atoms. The maximum absolute atomic E-state index is 11.5. The van der Waals surface area contributed by atoms with E-state index in [1.54, 1.807) is 41.9 Å². The summed E-state index contributed by atoms with van der Waals surface area (Å²) in [6.45, 7) is 1.91. The topological polar surface area (TPSA) is 80.5 Å². The third kappa shape index (κ3) is 3.09. The number of carbonyl (C=O) groups excluding carboxylic acids is 2. The molecule has 2 aromatic rings. The van der Waals surface area contributed by atoms with Crippen LogP contribution in [0.3, 0.4) is 0 Å². The van der Waals surface area contributed by atoms with Crippen LogP contribution in [0.4, 0.5) is 0 Å². The standard InChI is InChI=1S/C16H15N2O3/c1-10-9-13(15(19)17-2)7-8-14(10)11-3-5-12(6-4-11)16(20)18-21/h3-9,21H,1-2H3,(H,18,20). The van der Waals surface area contributed by atoms with Crippen LogP contribution in [0.2, 0.25) is 0 Å². The third-order valence-electron chi connectivity index (χ3n) is 3.24. The smallest absolute Gasteiger partial charge is 0.274 e. The van der Waals surface area contributed by atoms with Gasteiger partial charge in [0.15, 0.2) is 0 Å². The van der Waals surface area contributed by atoms with Crippen molar-refractivity contribution in [1.29, 1.82) is 0 Å². The summed E-state index contributed by atoms with van der Waals surface area (Å²) in [5.41, 5.74) is 5.36. The van der Waals surface area contributed by atoms with Crippen LogP contribution in [0.1, 0.15) is 26.3 Å². The molecule has 2 rings (SSSR count). The van der Waals surface area contributed by atoms with Crippen molar-refractivity contribution in [3.8, 4) is 11.1 Å². The fourth-order valence-electron chi connectivity index (χ4n) is 2.12. The molecule has 0 heterocycles. The number of nitrogens with one attached hydrogen (secondary N) is 1. The summed E-state index contributed by atoms with van der Waals surface area (Å²) in [5, 5.41) is 12.2. The minimum absolute atomic E-state index is 0.250. The van der Waals surface area contributed by atoms with Gasteiger partial charge in [0.05, 0.1) is 0 Å². The number of hydroxylamine groups is 1. The third-order valence-corrected chi connectivity index (χ3v) is 3.24. The van der Waals surface area contributed by atoms with E-state index in [-0.39, 0.29) is 5.91 Å². The minimum atomic E-state index is -0.552. The van der Waals surface area contributed by atoms with Crippen molar-refractivity contribution in [2.45, 2.75) is 6.92 Å². The Morgan fingerprint density at radius 1 is 1.05 bits per heavy atom. The summed E-state index contributed by atoms with van der Waals surface area (Å²) in [4.78, 5) is 22.8. The summed E-state index contributed by atoms with van der Waals surface area (Å²) >= 11 is 0. The van der Waals surface area contributed by atoms with Gasteiger partial charge in [-0.25, -0.2) is 5.48 Å². The zero-order chi connectivity index (χ0) is 15.4. The molecule has 2 aromatic carbocycles. The maximum atomic E-state index is 11.5. The van der Waals surface area contributed by atoms with Gasteiger partial charge in [-0.2, -0.15) is 0 Å². The Kier molecular flexibility index (Phi) is 4.35. The van der Waals surface area contributed by atoms with Crippen molar-refractivity contribution < 1.29 is 14.8 Å². The summed E-state index contributed by atoms with van der Waals surface area (Å²) in [6.07, 6.45) is 0. The van der Waals surface area contributed by atoms with E-state index < -0.39 is 5.91 Å². The molecule has 0 atom stereocenters. The summed E-state index contributed by atoms with van der Waals surface area (Å²) in [7, 11) is 1.47. The van der Waals surface area contributed by atoms with Crippen LogP contribution in [0, 0.1) is 6.92 Å². The van der Waals surface area contributed by atoms with E-state index in [1.807, 2.05) is 13.0 Å². The number of rotatable bonds is 3. The van der Waals surface area contributed by atoms with Crippen LogP contribution in [0.5, 0.6) is 0 Å². The number of amides is 2. The second kappa shape index (κ2) is 6.19. The molecule has 1 radical (unpaired) electrons. The van der Waals surface area contributed by atoms with Crippen molar-refractivity contribution >= 4 is 11.8 Å². The van der Waals surface area contributed by atoms with E-state index in [2.05, 4.69) is 5.32 Å². The first-order chi connectivity index (χ1) is 10.1. The number of nitrogens with zero attached hydrogens (tertiary/aromatic N) is 1. The Bertz CT molecular complexity index is 678. The number of aryl methyl sites for hydroxylation is 1. The van der Waals surface area contributed by atoms with Crippen LogP contribution in [0.25, 0.3) is 11.1 Å². The summed E-state index contributed by atoms with van der Waals surface area (Å²) in [5.74, 6) is -0.802. The van der Waals surface area contributed by atoms with Crippen molar-refractivity contribution in [2.24, 2.45) is 0 Å². The normalized spacial score (nSPS) is 10.0. The van der Waals surface area contributed by atoms with Gasteiger partial charge in [0.1, 0.15) is 0 Å². The van der Waals surface area contributed by atoms with Gasteiger partial charge >= 0.3 is 0 Å². The molecule has 5 heteroatoms. The van der Waals surface area contributed by atoms with E-state index in [1.165, 1.54) is 7.05 Å². The number of benzene rings is 2. The Morgan fingerprint density at radius 3 is 2.19 bits per heavy atom. The molecular formula is C16H15N2O3. The number of hydrogen-bond acceptors (Lipinski definition) is 3. The fraction of sp³-hybridized carbons (Fsp3) is 0.125. The van der Waals surface area contributed by atoms with Crippen LogP contribution in [0.15, 0.2) is 42.5 Å². The largest absolute Gasteiger partial charge is 0.288 e. The highest BCUT2D eigenvalue weighted by molar-refractivity contribution is 5.95. The zero-order valence-corrected chi connectivity index (χ0v) is 11.8. The molecule has 2 amide bonds. The molecule has 0 aromatic heterocycles. The lowest BCUT2D eigenvalue weighted by Crippen LogP contribution is -2.18. The molecule has 0 aliphatic carbocycles. The summed E-state index contributed by atoms with van der Waals surface area (Å²) < 4.78 is 0. The van der Waals surface area contributed by atoms with Crippen LogP contribution < -0.4 is 10.8 Å². The van der Waals surface area contributed by atoms with Gasteiger partial charge in [0.25, 0.3) is 11.8 Å². The lowest BCUT2D eigenvalue weighted by atomic mass is 9.97. The molecule has 0 saturated carbocycles. The molecule has 0 fully saturated rings. The van der Waals surface area contributed by atoms with E-state index in [9.17, 15) is 9.59 Å². The molecule has 0 bridgehead atoms. The van der Waals surface area contributed by atoms with Crippen molar-refractivity contribution in [3.05, 3.63) is 59.2 Å². The highest BCUT2D eigenvalue weighted by atomic mass is 16.5. The van der Waals surface area contributed by atoms with Gasteiger partial charge in [-0.05, 0) is 47.9 Å². The first-order valence-electron chi connectivity index (χ1n) is 6.36. The first-order valence-corrected chi connectivity index (χ1v) is 6.36. The van der Waals surface area contributed by atoms with Gasteiger partial charge in [-0.15, -0.1) is 0 Å². The minimum Gasteiger partial charge on any atom is -0.288 e. The molecule has 0 aliphatic rings. The molecule has 0 unspecified atom stereocenters. The second-order valence-corrected chi connectivity index (χ2v) is 4.58. The molecule has 2 N–H and O–H groups in total. The Labute approximate surface area is 122 Å². The van der Waals surface area contributed by atoms with Gasteiger partial charge < -0.3 is 0 Å². The van der Waals surface area contributed by atoms with E-state index in [0.29, 0.717) is 11.1 Å². The highest BCUT2D eigenvalue weighted by Gasteiger charge is 2.09. The average Bonchev–Trinajstić information content (AvgIpc) is 2.53. The summed E-state index contributed by atoms with van der Waals surface area (Å²) in [6, 6.07) is 12.2. The fourth-order valence-corrected chi connectivity index (χ4v) is 2.12. The van der Waals surface area contributed by atoms with Crippen LogP contribution in [-0.4, -0.2) is 24.1 Å². The Morgan fingerprint density at radius 2 is 1.67 bits per heavy atom. The van der Waals surface area contributed by atoms with Crippen molar-refractivity contribution in [2.75, 3.05) is 7.05 Å². The molecule has 107 valence electrons. The Balaban J connectivity index is 2.34. The van der Waals surface area contributed by atoms with Crippen molar-refractivity contribution in [3.63, 3.8) is 0 Å². The maximum Gasteiger partial charge on any atom is 0.274 e.